The van der Waals surface area contributed by atoms with E-state index in [0.717, 1.165) is 5.56 Å². The molecular formula is C18H25N3O3. The summed E-state index contributed by atoms with van der Waals surface area (Å²) < 4.78 is 0. The molecule has 0 radical (unpaired) electrons. The monoisotopic (exact) mass is 331 g/mol. The zero-order chi connectivity index (χ0) is 17.9. The van der Waals surface area contributed by atoms with Gasteiger partial charge in [-0.15, -0.1) is 0 Å². The molecule has 0 bridgehead atoms. The first-order valence-corrected chi connectivity index (χ1v) is 7.96. The smallest absolute Gasteiger partial charge is 0.266 e. The van der Waals surface area contributed by atoms with Gasteiger partial charge in [0.2, 0.25) is 0 Å². The lowest BCUT2D eigenvalue weighted by Gasteiger charge is -2.27. The Hall–Kier alpha value is -2.36. The Morgan fingerprint density at radius 1 is 1.21 bits per heavy atom. The van der Waals surface area contributed by atoms with Crippen molar-refractivity contribution in [1.82, 2.24) is 9.80 Å². The molecule has 1 amide bonds. The Morgan fingerprint density at radius 2 is 1.79 bits per heavy atom. The van der Waals surface area contributed by atoms with E-state index in [0.29, 0.717) is 6.54 Å². The van der Waals surface area contributed by atoms with Gasteiger partial charge >= 0.3 is 0 Å². The van der Waals surface area contributed by atoms with E-state index < -0.39 is 0 Å². The fourth-order valence-electron chi connectivity index (χ4n) is 2.24. The van der Waals surface area contributed by atoms with Crippen molar-refractivity contribution >= 4 is 5.91 Å². The summed E-state index contributed by atoms with van der Waals surface area (Å²) in [6.07, 6.45) is 1.41. The van der Waals surface area contributed by atoms with Gasteiger partial charge in [0.25, 0.3) is 5.91 Å². The fraction of sp³-hybridized carbons (Fsp3) is 0.444. The molecule has 6 heteroatoms. The van der Waals surface area contributed by atoms with E-state index in [1.54, 1.807) is 9.80 Å². The standard InChI is InChI=1S/C18H25N3O3/c1-15(2)21(13-16-6-4-3-5-7-16)18(24)17(12-19)14-20(8-10-22)9-11-23/h3-7,14-15,22-23H,8-11,13H2,1-2H3/b17-14-. The summed E-state index contributed by atoms with van der Waals surface area (Å²) >= 11 is 0. The lowest BCUT2D eigenvalue weighted by Crippen LogP contribution is -2.38. The van der Waals surface area contributed by atoms with E-state index in [1.165, 1.54) is 6.20 Å². The summed E-state index contributed by atoms with van der Waals surface area (Å²) in [6.45, 7) is 4.46. The van der Waals surface area contributed by atoms with Crippen molar-refractivity contribution in [2.45, 2.75) is 26.4 Å². The van der Waals surface area contributed by atoms with E-state index in [1.807, 2.05) is 50.2 Å². The van der Waals surface area contributed by atoms with Gasteiger partial charge in [0.15, 0.2) is 0 Å². The molecule has 0 aliphatic heterocycles. The minimum atomic E-state index is -0.364. The molecule has 1 aromatic carbocycles. The Balaban J connectivity index is 2.99. The predicted octanol–water partition coefficient (Wildman–Crippen LogP) is 1.12. The molecule has 0 saturated carbocycles. The van der Waals surface area contributed by atoms with Crippen LogP contribution in [0, 0.1) is 11.3 Å². The molecular weight excluding hydrogens is 306 g/mol. The van der Waals surface area contributed by atoms with Gasteiger partial charge in [0.05, 0.1) is 13.2 Å². The lowest BCUT2D eigenvalue weighted by atomic mass is 10.1. The lowest BCUT2D eigenvalue weighted by molar-refractivity contribution is -0.129. The summed E-state index contributed by atoms with van der Waals surface area (Å²) in [5.74, 6) is -0.364. The molecule has 0 spiro atoms. The molecule has 0 aromatic heterocycles. The van der Waals surface area contributed by atoms with Crippen molar-refractivity contribution in [2.75, 3.05) is 26.3 Å². The SMILES string of the molecule is CC(C)N(Cc1ccccc1)C(=O)/C(C#N)=C\N(CCO)CCO. The van der Waals surface area contributed by atoms with Crippen LogP contribution in [0.1, 0.15) is 19.4 Å². The van der Waals surface area contributed by atoms with Crippen LogP contribution in [-0.2, 0) is 11.3 Å². The van der Waals surface area contributed by atoms with E-state index in [2.05, 4.69) is 0 Å². The van der Waals surface area contributed by atoms with Gasteiger partial charge in [-0.3, -0.25) is 4.79 Å². The van der Waals surface area contributed by atoms with Gasteiger partial charge in [-0.05, 0) is 19.4 Å². The second-order valence-electron chi connectivity index (χ2n) is 5.65. The third-order valence-electron chi connectivity index (χ3n) is 3.52. The Labute approximate surface area is 143 Å². The van der Waals surface area contributed by atoms with E-state index >= 15 is 0 Å². The minimum absolute atomic E-state index is 0.0125. The highest BCUT2D eigenvalue weighted by molar-refractivity contribution is 5.97. The summed E-state index contributed by atoms with van der Waals surface area (Å²) in [6, 6.07) is 11.5. The Bertz CT molecular complexity index is 573. The largest absolute Gasteiger partial charge is 0.395 e. The maximum absolute atomic E-state index is 12.7. The second-order valence-corrected chi connectivity index (χ2v) is 5.65. The molecule has 6 nitrogen and oxygen atoms in total. The van der Waals surface area contributed by atoms with Crippen molar-refractivity contribution in [3.63, 3.8) is 0 Å². The number of amides is 1. The maximum atomic E-state index is 12.7. The summed E-state index contributed by atoms with van der Waals surface area (Å²) in [5.41, 5.74) is 0.973. The topological polar surface area (TPSA) is 87.8 Å². The molecule has 1 aromatic rings. The van der Waals surface area contributed by atoms with Crippen LogP contribution in [0.5, 0.6) is 0 Å². The van der Waals surface area contributed by atoms with Crippen LogP contribution in [0.4, 0.5) is 0 Å². The number of aliphatic hydroxyl groups excluding tert-OH is 2. The number of nitriles is 1. The van der Waals surface area contributed by atoms with Crippen LogP contribution in [0.25, 0.3) is 0 Å². The zero-order valence-electron chi connectivity index (χ0n) is 14.2. The second kappa shape index (κ2) is 10.4. The number of aliphatic hydroxyl groups is 2. The average Bonchev–Trinajstić information content (AvgIpc) is 2.58. The number of hydrogen-bond acceptors (Lipinski definition) is 5. The zero-order valence-corrected chi connectivity index (χ0v) is 14.2. The fourth-order valence-corrected chi connectivity index (χ4v) is 2.24. The van der Waals surface area contributed by atoms with E-state index in [9.17, 15) is 10.1 Å². The van der Waals surface area contributed by atoms with Crippen LogP contribution >= 0.6 is 0 Å². The molecule has 0 aliphatic carbocycles. The van der Waals surface area contributed by atoms with Crippen molar-refractivity contribution < 1.29 is 15.0 Å². The average molecular weight is 331 g/mol. The van der Waals surface area contributed by atoms with Gasteiger partial charge in [-0.25, -0.2) is 0 Å². The van der Waals surface area contributed by atoms with Crippen molar-refractivity contribution in [3.8, 4) is 6.07 Å². The Kier molecular flexibility index (Phi) is 8.55. The van der Waals surface area contributed by atoms with Gasteiger partial charge in [-0.1, -0.05) is 30.3 Å². The molecule has 130 valence electrons. The highest BCUT2D eigenvalue weighted by atomic mass is 16.3. The first-order valence-electron chi connectivity index (χ1n) is 7.96. The first kappa shape index (κ1) is 19.7. The van der Waals surface area contributed by atoms with Crippen molar-refractivity contribution in [3.05, 3.63) is 47.7 Å². The molecule has 2 N–H and O–H groups in total. The number of carbonyl (C=O) groups excluding carboxylic acids is 1. The first-order chi connectivity index (χ1) is 11.5. The minimum Gasteiger partial charge on any atom is -0.395 e. The number of nitrogens with zero attached hydrogens (tertiary/aromatic N) is 3. The molecule has 0 saturated heterocycles. The van der Waals surface area contributed by atoms with Gasteiger partial charge in [-0.2, -0.15) is 5.26 Å². The highest BCUT2D eigenvalue weighted by Crippen LogP contribution is 2.13. The molecule has 24 heavy (non-hydrogen) atoms. The Morgan fingerprint density at radius 3 is 2.25 bits per heavy atom. The number of hydrogen-bond donors (Lipinski definition) is 2. The maximum Gasteiger partial charge on any atom is 0.266 e. The highest BCUT2D eigenvalue weighted by Gasteiger charge is 2.22. The molecule has 0 unspecified atom stereocenters. The van der Waals surface area contributed by atoms with Crippen molar-refractivity contribution in [1.29, 1.82) is 5.26 Å². The van der Waals surface area contributed by atoms with E-state index in [4.69, 9.17) is 10.2 Å². The number of rotatable bonds is 9. The normalized spacial score (nSPS) is 11.2. The van der Waals surface area contributed by atoms with Crippen LogP contribution in [-0.4, -0.2) is 58.3 Å². The molecule has 0 heterocycles. The summed E-state index contributed by atoms with van der Waals surface area (Å²) in [5, 5.41) is 27.5. The van der Waals surface area contributed by atoms with Crippen LogP contribution in [0.15, 0.2) is 42.1 Å². The molecule has 0 atom stereocenters. The van der Waals surface area contributed by atoms with Crippen LogP contribution < -0.4 is 0 Å². The van der Waals surface area contributed by atoms with Gasteiger partial charge in [0.1, 0.15) is 11.6 Å². The van der Waals surface area contributed by atoms with Crippen molar-refractivity contribution in [2.24, 2.45) is 0 Å². The molecule has 0 fully saturated rings. The third kappa shape index (κ3) is 6.03. The quantitative estimate of drug-likeness (QED) is 0.523. The third-order valence-corrected chi connectivity index (χ3v) is 3.52. The summed E-state index contributed by atoms with van der Waals surface area (Å²) in [7, 11) is 0. The number of carbonyl (C=O) groups is 1. The van der Waals surface area contributed by atoms with Gasteiger partial charge < -0.3 is 20.0 Å². The van der Waals surface area contributed by atoms with Crippen LogP contribution in [0.3, 0.4) is 0 Å². The predicted molar refractivity (Wildman–Crippen MR) is 91.6 cm³/mol. The van der Waals surface area contributed by atoms with E-state index in [-0.39, 0.29) is 43.8 Å². The van der Waals surface area contributed by atoms with Gasteiger partial charge in [0, 0.05) is 31.9 Å². The number of benzene rings is 1. The van der Waals surface area contributed by atoms with Crippen LogP contribution in [0.2, 0.25) is 0 Å². The molecule has 1 rings (SSSR count). The molecule has 0 aliphatic rings. The summed E-state index contributed by atoms with van der Waals surface area (Å²) in [4.78, 5) is 15.9.